The Morgan fingerprint density at radius 3 is 2.64 bits per heavy atom. The van der Waals surface area contributed by atoms with E-state index in [1.807, 2.05) is 0 Å². The normalized spacial score (nSPS) is 23.2. The lowest BCUT2D eigenvalue weighted by Gasteiger charge is -2.21. The summed E-state index contributed by atoms with van der Waals surface area (Å²) >= 11 is 0. The van der Waals surface area contributed by atoms with E-state index in [0.29, 0.717) is 0 Å². The topological polar surface area (TPSA) is 125 Å². The molecule has 1 fully saturated rings. The smallest absolute Gasteiger partial charge is 0.346 e. The van der Waals surface area contributed by atoms with E-state index in [0.717, 1.165) is 0 Å². The van der Waals surface area contributed by atoms with Crippen LogP contribution in [0.15, 0.2) is 0 Å². The van der Waals surface area contributed by atoms with E-state index in [1.54, 1.807) is 0 Å². The maximum Gasteiger partial charge on any atom is 0.386 e. The maximum absolute atomic E-state index is 11.0. The molecular formula is C6H9N3O5. The van der Waals surface area contributed by atoms with Crippen LogP contribution < -0.4 is 11.5 Å². The minimum Gasteiger partial charge on any atom is -0.346 e. The van der Waals surface area contributed by atoms with Crippen molar-refractivity contribution < 1.29 is 24.1 Å². The van der Waals surface area contributed by atoms with Crippen LogP contribution in [-0.4, -0.2) is 29.2 Å². The van der Waals surface area contributed by atoms with Crippen LogP contribution in [0.2, 0.25) is 0 Å². The Morgan fingerprint density at radius 2 is 2.07 bits per heavy atom. The number of rotatable bonds is 0. The van der Waals surface area contributed by atoms with Gasteiger partial charge >= 0.3 is 18.0 Å². The molecule has 8 heteroatoms. The molecule has 14 heavy (non-hydrogen) atoms. The van der Waals surface area contributed by atoms with Crippen molar-refractivity contribution in [1.82, 2.24) is 5.23 Å². The molecule has 0 spiro atoms. The molecule has 1 rings (SSSR count). The lowest BCUT2D eigenvalue weighted by atomic mass is 10.2. The molecule has 78 valence electrons. The van der Waals surface area contributed by atoms with Crippen LogP contribution >= 0.6 is 0 Å². The van der Waals surface area contributed by atoms with Gasteiger partial charge < -0.3 is 16.3 Å². The molecule has 1 aliphatic heterocycles. The molecule has 0 aliphatic carbocycles. The largest absolute Gasteiger partial charge is 0.386 e. The number of carbonyl (C=O) groups is 3. The molecule has 0 radical (unpaired) electrons. The first-order valence-corrected chi connectivity index (χ1v) is 3.78. The second-order valence-corrected chi connectivity index (χ2v) is 2.61. The number of carbonyl (C=O) groups excluding carboxylic acids is 3. The Labute approximate surface area is 78.6 Å². The van der Waals surface area contributed by atoms with E-state index < -0.39 is 24.0 Å². The summed E-state index contributed by atoms with van der Waals surface area (Å²) in [5, 5.41) is 0.0175. The standard InChI is InChI=1S/C6H9N3O5/c7-3-1-2-4(10)13-9(6(8)12)14-5(3)11/h3H,1-2,7H2,(H2,8,12)/t3-/m1/s1. The van der Waals surface area contributed by atoms with Crippen molar-refractivity contribution in [2.45, 2.75) is 18.9 Å². The van der Waals surface area contributed by atoms with Gasteiger partial charge in [0.1, 0.15) is 6.04 Å². The average molecular weight is 203 g/mol. The summed E-state index contributed by atoms with van der Waals surface area (Å²) in [7, 11) is 0. The van der Waals surface area contributed by atoms with E-state index in [-0.39, 0.29) is 18.1 Å². The summed E-state index contributed by atoms with van der Waals surface area (Å²) in [6.45, 7) is 0. The summed E-state index contributed by atoms with van der Waals surface area (Å²) < 4.78 is 0. The highest BCUT2D eigenvalue weighted by atomic mass is 17.0. The minimum absolute atomic E-state index is 0.0175. The van der Waals surface area contributed by atoms with Gasteiger partial charge in [0.25, 0.3) is 0 Å². The number of hydroxylamine groups is 2. The van der Waals surface area contributed by atoms with Gasteiger partial charge in [0.2, 0.25) is 0 Å². The molecule has 0 bridgehead atoms. The van der Waals surface area contributed by atoms with Gasteiger partial charge in [0, 0.05) is 5.23 Å². The highest BCUT2D eigenvalue weighted by Gasteiger charge is 2.28. The first kappa shape index (κ1) is 10.3. The summed E-state index contributed by atoms with van der Waals surface area (Å²) in [4.78, 5) is 41.0. The zero-order chi connectivity index (χ0) is 10.7. The molecule has 1 aliphatic rings. The Balaban J connectivity index is 2.73. The molecule has 1 saturated heterocycles. The van der Waals surface area contributed by atoms with E-state index in [1.165, 1.54) is 0 Å². The van der Waals surface area contributed by atoms with Gasteiger partial charge in [-0.15, -0.1) is 0 Å². The number of hydrogen-bond donors (Lipinski definition) is 2. The molecule has 0 aromatic heterocycles. The highest BCUT2D eigenvalue weighted by Crippen LogP contribution is 2.07. The van der Waals surface area contributed by atoms with Gasteiger partial charge in [-0.2, -0.15) is 0 Å². The van der Waals surface area contributed by atoms with Crippen LogP contribution in [0.3, 0.4) is 0 Å². The zero-order valence-electron chi connectivity index (χ0n) is 7.13. The third kappa shape index (κ3) is 2.33. The fourth-order valence-electron chi connectivity index (χ4n) is 0.787. The second kappa shape index (κ2) is 3.92. The van der Waals surface area contributed by atoms with Gasteiger partial charge in [-0.3, -0.25) is 4.84 Å². The molecule has 1 atom stereocenters. The summed E-state index contributed by atoms with van der Waals surface area (Å²) in [6, 6.07) is -2.18. The fraction of sp³-hybridized carbons (Fsp3) is 0.500. The van der Waals surface area contributed by atoms with Gasteiger partial charge in [-0.05, 0) is 6.42 Å². The Kier molecular flexibility index (Phi) is 2.87. The molecule has 0 saturated carbocycles. The van der Waals surface area contributed by atoms with Gasteiger partial charge in [0.15, 0.2) is 0 Å². The predicted octanol–water partition coefficient (Wildman–Crippen LogP) is -1.60. The van der Waals surface area contributed by atoms with Crippen LogP contribution in [0, 0.1) is 0 Å². The van der Waals surface area contributed by atoms with Gasteiger partial charge in [0.05, 0.1) is 6.42 Å². The first-order valence-electron chi connectivity index (χ1n) is 3.78. The summed E-state index contributed by atoms with van der Waals surface area (Å²) in [6.07, 6.45) is 0.0182. The van der Waals surface area contributed by atoms with Crippen LogP contribution in [0.4, 0.5) is 4.79 Å². The van der Waals surface area contributed by atoms with Crippen molar-refractivity contribution in [2.75, 3.05) is 0 Å². The SMILES string of the molecule is NC(=O)N1OC(=O)CC[C@@H](N)C(=O)O1. The third-order valence-corrected chi connectivity index (χ3v) is 1.50. The second-order valence-electron chi connectivity index (χ2n) is 2.61. The molecule has 0 unspecified atom stereocenters. The lowest BCUT2D eigenvalue weighted by molar-refractivity contribution is -0.293. The monoisotopic (exact) mass is 203 g/mol. The van der Waals surface area contributed by atoms with E-state index in [2.05, 4.69) is 9.68 Å². The number of urea groups is 1. The van der Waals surface area contributed by atoms with Crippen molar-refractivity contribution in [1.29, 1.82) is 0 Å². The predicted molar refractivity (Wildman–Crippen MR) is 40.8 cm³/mol. The summed E-state index contributed by atoms with van der Waals surface area (Å²) in [5.74, 6) is -1.62. The van der Waals surface area contributed by atoms with Crippen molar-refractivity contribution in [3.63, 3.8) is 0 Å². The van der Waals surface area contributed by atoms with Crippen LogP contribution in [0.5, 0.6) is 0 Å². The van der Waals surface area contributed by atoms with Crippen LogP contribution in [-0.2, 0) is 19.3 Å². The fourth-order valence-corrected chi connectivity index (χ4v) is 0.787. The van der Waals surface area contributed by atoms with Gasteiger partial charge in [-0.25, -0.2) is 14.4 Å². The number of amides is 2. The third-order valence-electron chi connectivity index (χ3n) is 1.50. The molecule has 0 aromatic rings. The molecule has 8 nitrogen and oxygen atoms in total. The zero-order valence-corrected chi connectivity index (χ0v) is 7.13. The van der Waals surface area contributed by atoms with Crippen LogP contribution in [0.25, 0.3) is 0 Å². The lowest BCUT2D eigenvalue weighted by Crippen LogP contribution is -2.46. The minimum atomic E-state index is -1.21. The molecule has 2 amide bonds. The number of primary amides is 1. The molecule has 4 N–H and O–H groups in total. The Morgan fingerprint density at radius 1 is 1.43 bits per heavy atom. The van der Waals surface area contributed by atoms with Crippen molar-refractivity contribution in [3.8, 4) is 0 Å². The Bertz CT molecular complexity index is 279. The Hall–Kier alpha value is -1.83. The first-order chi connectivity index (χ1) is 6.50. The number of nitrogens with zero attached hydrogens (tertiary/aromatic N) is 1. The van der Waals surface area contributed by atoms with E-state index in [4.69, 9.17) is 11.5 Å². The maximum atomic E-state index is 11.0. The number of nitrogens with two attached hydrogens (primary N) is 2. The molecule has 1 heterocycles. The van der Waals surface area contributed by atoms with Crippen LogP contribution in [0.1, 0.15) is 12.8 Å². The van der Waals surface area contributed by atoms with Crippen molar-refractivity contribution >= 4 is 18.0 Å². The molecule has 0 aromatic carbocycles. The van der Waals surface area contributed by atoms with E-state index >= 15 is 0 Å². The van der Waals surface area contributed by atoms with Gasteiger partial charge in [-0.1, -0.05) is 0 Å². The highest BCUT2D eigenvalue weighted by molar-refractivity contribution is 5.81. The van der Waals surface area contributed by atoms with Crippen molar-refractivity contribution in [3.05, 3.63) is 0 Å². The van der Waals surface area contributed by atoms with E-state index in [9.17, 15) is 14.4 Å². The molecular weight excluding hydrogens is 194 g/mol. The van der Waals surface area contributed by atoms with Crippen molar-refractivity contribution in [2.24, 2.45) is 11.5 Å². The summed E-state index contributed by atoms with van der Waals surface area (Å²) in [5.41, 5.74) is 10.1. The average Bonchev–Trinajstić information content (AvgIpc) is 2.11. The number of hydrogen-bond acceptors (Lipinski definition) is 6. The quantitative estimate of drug-likeness (QED) is 0.488.